The van der Waals surface area contributed by atoms with E-state index in [0.29, 0.717) is 5.56 Å². The minimum absolute atomic E-state index is 0.0488. The number of nitrogens with one attached hydrogen (secondary N) is 1. The topological polar surface area (TPSA) is 45.2 Å². The van der Waals surface area contributed by atoms with E-state index in [1.54, 1.807) is 6.20 Å². The van der Waals surface area contributed by atoms with Crippen molar-refractivity contribution < 1.29 is 4.79 Å². The molecule has 0 saturated carbocycles. The van der Waals surface area contributed by atoms with Gasteiger partial charge in [-0.3, -0.25) is 4.79 Å². The number of fused-ring (bicyclic) bond motifs is 1. The number of aryl methyl sites for hydroxylation is 1. The summed E-state index contributed by atoms with van der Waals surface area (Å²) in [7, 11) is 0. The van der Waals surface area contributed by atoms with Crippen LogP contribution in [0.1, 0.15) is 52.4 Å². The first kappa shape index (κ1) is 21.2. The summed E-state index contributed by atoms with van der Waals surface area (Å²) in [6.07, 6.45) is 5.11. The van der Waals surface area contributed by atoms with Crippen molar-refractivity contribution >= 4 is 22.5 Å². The second kappa shape index (κ2) is 9.45. The summed E-state index contributed by atoms with van der Waals surface area (Å²) in [5, 5.41) is 5.66. The first-order valence-electron chi connectivity index (χ1n) is 11.8. The number of amides is 1. The molecule has 0 spiro atoms. The van der Waals surface area contributed by atoms with Gasteiger partial charge in [-0.25, -0.2) is 4.98 Å². The predicted octanol–water partition coefficient (Wildman–Crippen LogP) is 6.37. The molecular weight excluding hydrogens is 406 g/mol. The number of hydrogen-bond acceptors (Lipinski definition) is 3. The molecule has 166 valence electrons. The third-order valence-electron chi connectivity index (χ3n) is 6.54. The van der Waals surface area contributed by atoms with E-state index in [1.807, 2.05) is 23.1 Å². The number of aromatic nitrogens is 1. The molecule has 4 aromatic rings. The highest BCUT2D eigenvalue weighted by Gasteiger charge is 2.23. The standard InChI is InChI=1S/C29H29N3O/c1-21-12-11-17-24-26(21)25(29(33)32-18-9-4-10-19-32)20-30-28(24)31-27(22-13-5-2-6-14-22)23-15-7-3-8-16-23/h2-3,5-8,11-17,20,27H,4,9-10,18-19H2,1H3,(H,30,31). The number of piperidine rings is 1. The van der Waals surface area contributed by atoms with Crippen LogP contribution in [0.3, 0.4) is 0 Å². The zero-order valence-electron chi connectivity index (χ0n) is 19.0. The number of hydrogen-bond donors (Lipinski definition) is 1. The van der Waals surface area contributed by atoms with Gasteiger partial charge in [0, 0.05) is 30.1 Å². The number of carbonyl (C=O) groups is 1. The molecule has 1 N–H and O–H groups in total. The van der Waals surface area contributed by atoms with Crippen molar-refractivity contribution in [1.82, 2.24) is 9.88 Å². The van der Waals surface area contributed by atoms with Gasteiger partial charge in [-0.1, -0.05) is 78.9 Å². The van der Waals surface area contributed by atoms with Gasteiger partial charge in [0.25, 0.3) is 5.91 Å². The maximum atomic E-state index is 13.4. The molecule has 1 fully saturated rings. The molecular formula is C29H29N3O. The van der Waals surface area contributed by atoms with E-state index in [4.69, 9.17) is 4.98 Å². The molecule has 1 saturated heterocycles. The van der Waals surface area contributed by atoms with Crippen LogP contribution in [0.4, 0.5) is 5.82 Å². The Hall–Kier alpha value is -3.66. The summed E-state index contributed by atoms with van der Waals surface area (Å²) >= 11 is 0. The van der Waals surface area contributed by atoms with E-state index >= 15 is 0 Å². The Balaban J connectivity index is 1.58. The molecule has 4 nitrogen and oxygen atoms in total. The lowest BCUT2D eigenvalue weighted by atomic mass is 9.97. The van der Waals surface area contributed by atoms with Gasteiger partial charge in [0.05, 0.1) is 11.6 Å². The Kier molecular flexibility index (Phi) is 6.07. The average Bonchev–Trinajstić information content (AvgIpc) is 2.88. The molecule has 0 atom stereocenters. The Bertz CT molecular complexity index is 1210. The average molecular weight is 436 g/mol. The van der Waals surface area contributed by atoms with Gasteiger partial charge in [0.15, 0.2) is 0 Å². The molecule has 3 aromatic carbocycles. The second-order valence-electron chi connectivity index (χ2n) is 8.77. The predicted molar refractivity (Wildman–Crippen MR) is 135 cm³/mol. The van der Waals surface area contributed by atoms with E-state index in [1.165, 1.54) is 17.5 Å². The van der Waals surface area contributed by atoms with Crippen LogP contribution < -0.4 is 5.32 Å². The molecule has 0 radical (unpaired) electrons. The summed E-state index contributed by atoms with van der Waals surface area (Å²) in [6, 6.07) is 27.0. The van der Waals surface area contributed by atoms with E-state index in [-0.39, 0.29) is 11.9 Å². The number of anilines is 1. The fraction of sp³-hybridized carbons (Fsp3) is 0.241. The van der Waals surface area contributed by atoms with Gasteiger partial charge >= 0.3 is 0 Å². The summed E-state index contributed by atoms with van der Waals surface area (Å²) < 4.78 is 0. The Morgan fingerprint density at radius 3 is 2.12 bits per heavy atom. The van der Waals surface area contributed by atoms with Crippen molar-refractivity contribution in [3.8, 4) is 0 Å². The minimum Gasteiger partial charge on any atom is -0.359 e. The molecule has 2 heterocycles. The maximum Gasteiger partial charge on any atom is 0.256 e. The lowest BCUT2D eigenvalue weighted by molar-refractivity contribution is 0.0726. The summed E-state index contributed by atoms with van der Waals surface area (Å²) in [5.74, 6) is 0.886. The van der Waals surface area contributed by atoms with Crippen LogP contribution in [0.5, 0.6) is 0 Å². The van der Waals surface area contributed by atoms with Crippen LogP contribution in [-0.2, 0) is 0 Å². The van der Waals surface area contributed by atoms with Gasteiger partial charge in [-0.2, -0.15) is 0 Å². The quantitative estimate of drug-likeness (QED) is 0.396. The second-order valence-corrected chi connectivity index (χ2v) is 8.77. The van der Waals surface area contributed by atoms with Crippen LogP contribution in [0, 0.1) is 6.92 Å². The monoisotopic (exact) mass is 435 g/mol. The largest absolute Gasteiger partial charge is 0.359 e. The number of rotatable bonds is 5. The highest BCUT2D eigenvalue weighted by Crippen LogP contribution is 2.33. The van der Waals surface area contributed by atoms with Crippen molar-refractivity contribution in [2.75, 3.05) is 18.4 Å². The first-order valence-corrected chi connectivity index (χ1v) is 11.8. The number of pyridine rings is 1. The molecule has 0 unspecified atom stereocenters. The molecule has 1 aliphatic rings. The lowest BCUT2D eigenvalue weighted by Crippen LogP contribution is -2.35. The first-order chi connectivity index (χ1) is 16.2. The molecule has 1 aliphatic heterocycles. The van der Waals surface area contributed by atoms with Crippen LogP contribution in [0.25, 0.3) is 10.8 Å². The van der Waals surface area contributed by atoms with Crippen molar-refractivity contribution in [1.29, 1.82) is 0 Å². The zero-order chi connectivity index (χ0) is 22.6. The fourth-order valence-electron chi connectivity index (χ4n) is 4.82. The van der Waals surface area contributed by atoms with Crippen molar-refractivity contribution in [2.24, 2.45) is 0 Å². The van der Waals surface area contributed by atoms with Crippen LogP contribution in [0.15, 0.2) is 85.1 Å². The van der Waals surface area contributed by atoms with Gasteiger partial charge in [0.2, 0.25) is 0 Å². The van der Waals surface area contributed by atoms with Gasteiger partial charge in [-0.05, 0) is 42.9 Å². The minimum atomic E-state index is -0.0488. The van der Waals surface area contributed by atoms with E-state index in [0.717, 1.165) is 48.1 Å². The smallest absolute Gasteiger partial charge is 0.256 e. The van der Waals surface area contributed by atoms with Crippen LogP contribution >= 0.6 is 0 Å². The van der Waals surface area contributed by atoms with Crippen molar-refractivity contribution in [2.45, 2.75) is 32.2 Å². The van der Waals surface area contributed by atoms with E-state index in [9.17, 15) is 4.79 Å². The Morgan fingerprint density at radius 2 is 1.48 bits per heavy atom. The normalized spacial score (nSPS) is 13.9. The van der Waals surface area contributed by atoms with Crippen LogP contribution in [0.2, 0.25) is 0 Å². The Labute approximate surface area is 195 Å². The molecule has 5 rings (SSSR count). The molecule has 1 aromatic heterocycles. The Morgan fingerprint density at radius 1 is 0.848 bits per heavy atom. The molecule has 33 heavy (non-hydrogen) atoms. The van der Waals surface area contributed by atoms with Crippen molar-refractivity contribution in [3.63, 3.8) is 0 Å². The zero-order valence-corrected chi connectivity index (χ0v) is 19.0. The van der Waals surface area contributed by atoms with E-state index < -0.39 is 0 Å². The molecule has 4 heteroatoms. The number of carbonyl (C=O) groups excluding carboxylic acids is 1. The van der Waals surface area contributed by atoms with Gasteiger partial charge < -0.3 is 10.2 Å². The SMILES string of the molecule is Cc1cccc2c(NC(c3ccccc3)c3ccccc3)ncc(C(=O)N3CCCCC3)c12. The highest BCUT2D eigenvalue weighted by atomic mass is 16.2. The van der Waals surface area contributed by atoms with Crippen molar-refractivity contribution in [3.05, 3.63) is 107 Å². The van der Waals surface area contributed by atoms with E-state index in [2.05, 4.69) is 72.9 Å². The number of benzene rings is 3. The highest BCUT2D eigenvalue weighted by molar-refractivity contribution is 6.10. The third kappa shape index (κ3) is 4.34. The van der Waals surface area contributed by atoms with Gasteiger partial charge in [0.1, 0.15) is 5.82 Å². The lowest BCUT2D eigenvalue weighted by Gasteiger charge is -2.28. The third-order valence-corrected chi connectivity index (χ3v) is 6.54. The molecule has 1 amide bonds. The molecule has 0 bridgehead atoms. The number of nitrogens with zero attached hydrogens (tertiary/aromatic N) is 2. The molecule has 0 aliphatic carbocycles. The maximum absolute atomic E-state index is 13.4. The summed E-state index contributed by atoms with van der Waals surface area (Å²) in [6.45, 7) is 3.73. The van der Waals surface area contributed by atoms with Gasteiger partial charge in [-0.15, -0.1) is 0 Å². The number of likely N-dealkylation sites (tertiary alicyclic amines) is 1. The summed E-state index contributed by atoms with van der Waals surface area (Å²) in [5.41, 5.74) is 4.13. The summed E-state index contributed by atoms with van der Waals surface area (Å²) in [4.78, 5) is 20.2. The van der Waals surface area contributed by atoms with Crippen LogP contribution in [-0.4, -0.2) is 28.9 Å². The fourth-order valence-corrected chi connectivity index (χ4v) is 4.82.